The van der Waals surface area contributed by atoms with Crippen molar-refractivity contribution in [3.05, 3.63) is 96.7 Å². The molecule has 1 unspecified atom stereocenters. The van der Waals surface area contributed by atoms with E-state index in [2.05, 4.69) is 24.3 Å². The smallest absolute Gasteiger partial charge is 0.334 e. The van der Waals surface area contributed by atoms with Gasteiger partial charge in [-0.3, -0.25) is 13.9 Å². The predicted molar refractivity (Wildman–Crippen MR) is 125 cm³/mol. The molecule has 3 rings (SSSR count). The number of benzene rings is 2. The van der Waals surface area contributed by atoms with E-state index in [4.69, 9.17) is 0 Å². The fourth-order valence-electron chi connectivity index (χ4n) is 4.62. The van der Waals surface area contributed by atoms with Gasteiger partial charge >= 0.3 is 5.69 Å². The van der Waals surface area contributed by atoms with Crippen LogP contribution in [0.4, 0.5) is 0 Å². The number of aryl methyl sites for hydroxylation is 4. The molecule has 1 atom stereocenters. The van der Waals surface area contributed by atoms with Crippen LogP contribution in [-0.4, -0.2) is 14.2 Å². The van der Waals surface area contributed by atoms with Crippen LogP contribution in [0, 0.1) is 27.7 Å². The lowest BCUT2D eigenvalue weighted by molar-refractivity contribution is 0.298. The van der Waals surface area contributed by atoms with E-state index in [9.17, 15) is 14.7 Å². The van der Waals surface area contributed by atoms with Crippen molar-refractivity contribution in [2.75, 3.05) is 0 Å². The van der Waals surface area contributed by atoms with E-state index in [1.54, 1.807) is 0 Å². The molecule has 31 heavy (non-hydrogen) atoms. The van der Waals surface area contributed by atoms with Crippen LogP contribution >= 0.6 is 0 Å². The maximum Gasteiger partial charge on any atom is 0.334 e. The molecule has 0 saturated heterocycles. The van der Waals surface area contributed by atoms with Gasteiger partial charge in [-0.05, 0) is 66.0 Å². The molecule has 1 heterocycles. The van der Waals surface area contributed by atoms with Gasteiger partial charge in [0.15, 0.2) is 0 Å². The second-order valence-electron chi connectivity index (χ2n) is 9.41. The summed E-state index contributed by atoms with van der Waals surface area (Å²) in [6.07, 6.45) is 0.521. The van der Waals surface area contributed by atoms with E-state index in [-0.39, 0.29) is 5.88 Å². The van der Waals surface area contributed by atoms with Gasteiger partial charge in [0, 0.05) is 0 Å². The van der Waals surface area contributed by atoms with Gasteiger partial charge in [0.1, 0.15) is 0 Å². The maximum atomic E-state index is 13.5. The van der Waals surface area contributed by atoms with Crippen molar-refractivity contribution in [1.29, 1.82) is 0 Å². The standard InChI is InChI=1S/C26H32N2O3/c1-16-8-17(2)11-21(10-16)15-26(6,7)28-24(30)14-23(29)27(25(28)31)20(5)22-12-18(3)9-19(4)13-22/h8-14,20,29H,15H2,1-7H3. The van der Waals surface area contributed by atoms with Crippen LogP contribution in [0.3, 0.4) is 0 Å². The molecule has 2 aromatic carbocycles. The number of rotatable bonds is 5. The Kier molecular flexibility index (Phi) is 5.99. The lowest BCUT2D eigenvalue weighted by Crippen LogP contribution is -2.50. The van der Waals surface area contributed by atoms with E-state index in [1.807, 2.05) is 60.6 Å². The summed E-state index contributed by atoms with van der Waals surface area (Å²) in [5.74, 6) is -0.319. The molecule has 0 bridgehead atoms. The molecule has 0 spiro atoms. The molecule has 3 aromatic rings. The molecule has 164 valence electrons. The minimum absolute atomic E-state index is 0.319. The van der Waals surface area contributed by atoms with E-state index >= 15 is 0 Å². The van der Waals surface area contributed by atoms with Crippen molar-refractivity contribution < 1.29 is 5.11 Å². The van der Waals surface area contributed by atoms with Crippen molar-refractivity contribution in [2.45, 2.75) is 66.5 Å². The summed E-state index contributed by atoms with van der Waals surface area (Å²) in [5, 5.41) is 10.5. The van der Waals surface area contributed by atoms with Crippen molar-refractivity contribution in [1.82, 2.24) is 9.13 Å². The molecule has 0 aliphatic carbocycles. The largest absolute Gasteiger partial charge is 0.494 e. The third kappa shape index (κ3) is 4.66. The second-order valence-corrected chi connectivity index (χ2v) is 9.41. The Hall–Kier alpha value is -3.08. The number of nitrogens with zero attached hydrogens (tertiary/aromatic N) is 2. The van der Waals surface area contributed by atoms with Crippen LogP contribution in [0.2, 0.25) is 0 Å². The highest BCUT2D eigenvalue weighted by Gasteiger charge is 2.28. The van der Waals surface area contributed by atoms with Crippen LogP contribution in [0.25, 0.3) is 0 Å². The molecule has 0 aliphatic rings. The third-order valence-electron chi connectivity index (χ3n) is 5.75. The molecule has 1 N–H and O–H groups in total. The van der Waals surface area contributed by atoms with Gasteiger partial charge in [-0.1, -0.05) is 58.7 Å². The average molecular weight is 421 g/mol. The molecular weight excluding hydrogens is 388 g/mol. The van der Waals surface area contributed by atoms with Gasteiger partial charge in [-0.2, -0.15) is 0 Å². The molecule has 5 nitrogen and oxygen atoms in total. The molecule has 0 radical (unpaired) electrons. The molecular formula is C26H32N2O3. The molecule has 1 aromatic heterocycles. The Morgan fingerprint density at radius 1 is 0.839 bits per heavy atom. The van der Waals surface area contributed by atoms with E-state index < -0.39 is 22.8 Å². The van der Waals surface area contributed by atoms with E-state index in [0.717, 1.165) is 39.4 Å². The summed E-state index contributed by atoms with van der Waals surface area (Å²) in [5.41, 5.74) is 4.64. The predicted octanol–water partition coefficient (Wildman–Crippen LogP) is 4.54. The molecule has 0 saturated carbocycles. The minimum atomic E-state index is -0.772. The minimum Gasteiger partial charge on any atom is -0.494 e. The highest BCUT2D eigenvalue weighted by molar-refractivity contribution is 5.32. The fraction of sp³-hybridized carbons (Fsp3) is 0.385. The second kappa shape index (κ2) is 8.22. The summed E-state index contributed by atoms with van der Waals surface area (Å²) in [4.78, 5) is 26.4. The van der Waals surface area contributed by atoms with Gasteiger partial charge in [0.2, 0.25) is 5.88 Å². The number of hydrogen-bond donors (Lipinski definition) is 1. The summed E-state index contributed by atoms with van der Waals surface area (Å²) in [6, 6.07) is 13.0. The summed E-state index contributed by atoms with van der Waals surface area (Å²) in [6.45, 7) is 13.7. The Labute approximate surface area is 183 Å². The average Bonchev–Trinajstić information content (AvgIpc) is 2.58. The Morgan fingerprint density at radius 3 is 1.84 bits per heavy atom. The van der Waals surface area contributed by atoms with Crippen LogP contribution in [0.15, 0.2) is 52.1 Å². The molecule has 0 fully saturated rings. The van der Waals surface area contributed by atoms with Crippen LogP contribution < -0.4 is 11.2 Å². The third-order valence-corrected chi connectivity index (χ3v) is 5.75. The van der Waals surface area contributed by atoms with Crippen molar-refractivity contribution >= 4 is 0 Å². The first-order valence-corrected chi connectivity index (χ1v) is 10.6. The first-order valence-electron chi connectivity index (χ1n) is 10.6. The maximum absolute atomic E-state index is 13.5. The zero-order valence-corrected chi connectivity index (χ0v) is 19.5. The van der Waals surface area contributed by atoms with Crippen molar-refractivity contribution in [3.63, 3.8) is 0 Å². The van der Waals surface area contributed by atoms with Crippen LogP contribution in [0.5, 0.6) is 5.88 Å². The van der Waals surface area contributed by atoms with Gasteiger partial charge in [-0.15, -0.1) is 0 Å². The monoisotopic (exact) mass is 420 g/mol. The van der Waals surface area contributed by atoms with Crippen LogP contribution in [0.1, 0.15) is 60.2 Å². The SMILES string of the molecule is Cc1cc(C)cc(CC(C)(C)n2c(=O)cc(O)n(C(C)c3cc(C)cc(C)c3)c2=O)c1. The molecule has 0 amide bonds. The van der Waals surface area contributed by atoms with Gasteiger partial charge in [0.05, 0.1) is 17.6 Å². The molecule has 0 aliphatic heterocycles. The summed E-state index contributed by atoms with van der Waals surface area (Å²) < 4.78 is 2.57. The molecule has 5 heteroatoms. The Balaban J connectivity index is 2.13. The number of hydrogen-bond acceptors (Lipinski definition) is 3. The van der Waals surface area contributed by atoms with Gasteiger partial charge in [0.25, 0.3) is 5.56 Å². The first-order chi connectivity index (χ1) is 14.4. The van der Waals surface area contributed by atoms with Crippen LogP contribution in [-0.2, 0) is 12.0 Å². The quantitative estimate of drug-likeness (QED) is 0.659. The zero-order valence-electron chi connectivity index (χ0n) is 19.5. The van der Waals surface area contributed by atoms with Crippen molar-refractivity contribution in [2.24, 2.45) is 0 Å². The van der Waals surface area contributed by atoms with E-state index in [1.165, 1.54) is 9.13 Å². The topological polar surface area (TPSA) is 64.2 Å². The highest BCUT2D eigenvalue weighted by atomic mass is 16.3. The lowest BCUT2D eigenvalue weighted by Gasteiger charge is -2.29. The van der Waals surface area contributed by atoms with Crippen molar-refractivity contribution in [3.8, 4) is 5.88 Å². The first kappa shape index (κ1) is 22.6. The summed E-state index contributed by atoms with van der Waals surface area (Å²) >= 11 is 0. The highest BCUT2D eigenvalue weighted by Crippen LogP contribution is 2.25. The Morgan fingerprint density at radius 2 is 1.32 bits per heavy atom. The Bertz CT molecular complexity index is 1210. The normalized spacial score (nSPS) is 12.7. The van der Waals surface area contributed by atoms with Gasteiger partial charge in [-0.25, -0.2) is 4.79 Å². The summed E-state index contributed by atoms with van der Waals surface area (Å²) in [7, 11) is 0. The number of aromatic hydroxyl groups is 1. The van der Waals surface area contributed by atoms with Gasteiger partial charge < -0.3 is 5.11 Å². The fourth-order valence-corrected chi connectivity index (χ4v) is 4.62. The van der Waals surface area contributed by atoms with E-state index in [0.29, 0.717) is 6.42 Å². The number of aromatic nitrogens is 2. The zero-order chi connectivity index (χ0) is 23.1. The lowest BCUT2D eigenvalue weighted by atomic mass is 9.92.